The Morgan fingerprint density at radius 1 is 1.56 bits per heavy atom. The predicted molar refractivity (Wildman–Crippen MR) is 62.2 cm³/mol. The van der Waals surface area contributed by atoms with Gasteiger partial charge in [-0.25, -0.2) is 9.48 Å². The molecule has 1 unspecified atom stereocenters. The van der Waals surface area contributed by atoms with Gasteiger partial charge in [0.05, 0.1) is 6.61 Å². The molecule has 5 nitrogen and oxygen atoms in total. The zero-order valence-electron chi connectivity index (χ0n) is 9.57. The van der Waals surface area contributed by atoms with E-state index in [-0.39, 0.29) is 12.2 Å². The van der Waals surface area contributed by atoms with Gasteiger partial charge in [0, 0.05) is 12.8 Å². The van der Waals surface area contributed by atoms with Crippen molar-refractivity contribution in [3.8, 4) is 0 Å². The Bertz CT molecular complexity index is 365. The van der Waals surface area contributed by atoms with Crippen molar-refractivity contribution in [1.29, 1.82) is 0 Å². The molecule has 0 saturated heterocycles. The second-order valence-electron chi connectivity index (χ2n) is 3.09. The highest BCUT2D eigenvalue weighted by Gasteiger charge is 2.17. The van der Waals surface area contributed by atoms with E-state index in [1.807, 2.05) is 13.8 Å². The number of hydrogen-bond donors (Lipinski definition) is 0. The van der Waals surface area contributed by atoms with Crippen molar-refractivity contribution >= 4 is 21.9 Å². The lowest BCUT2D eigenvalue weighted by atomic mass is 10.4. The molecule has 0 amide bonds. The summed E-state index contributed by atoms with van der Waals surface area (Å²) in [6.45, 7) is 6.46. The SMILES string of the molecule is CCOC(=O)c1cn(C(C)OCC)nc1Br. The molecule has 6 heteroatoms. The Kier molecular flexibility index (Phi) is 4.95. The number of rotatable bonds is 5. The zero-order chi connectivity index (χ0) is 12.1. The largest absolute Gasteiger partial charge is 0.462 e. The summed E-state index contributed by atoms with van der Waals surface area (Å²) >= 11 is 3.22. The van der Waals surface area contributed by atoms with Crippen LogP contribution in [0.1, 0.15) is 37.4 Å². The monoisotopic (exact) mass is 290 g/mol. The van der Waals surface area contributed by atoms with Crippen molar-refractivity contribution in [2.24, 2.45) is 0 Å². The van der Waals surface area contributed by atoms with Gasteiger partial charge in [0.15, 0.2) is 0 Å². The van der Waals surface area contributed by atoms with Crippen molar-refractivity contribution in [3.63, 3.8) is 0 Å². The van der Waals surface area contributed by atoms with E-state index in [9.17, 15) is 4.79 Å². The van der Waals surface area contributed by atoms with Gasteiger partial charge in [0.1, 0.15) is 16.4 Å². The predicted octanol–water partition coefficient (Wildman–Crippen LogP) is 2.38. The third kappa shape index (κ3) is 3.05. The molecule has 0 saturated carbocycles. The van der Waals surface area contributed by atoms with E-state index < -0.39 is 0 Å². The van der Waals surface area contributed by atoms with E-state index in [1.165, 1.54) is 0 Å². The van der Waals surface area contributed by atoms with Crippen LogP contribution in [-0.2, 0) is 9.47 Å². The lowest BCUT2D eigenvalue weighted by molar-refractivity contribution is 0.0156. The number of hydrogen-bond acceptors (Lipinski definition) is 4. The number of aromatic nitrogens is 2. The first-order valence-corrected chi connectivity index (χ1v) is 5.92. The molecule has 0 N–H and O–H groups in total. The molecule has 1 atom stereocenters. The molecule has 0 aliphatic rings. The van der Waals surface area contributed by atoms with Gasteiger partial charge in [-0.2, -0.15) is 5.10 Å². The van der Waals surface area contributed by atoms with Crippen LogP contribution in [0.2, 0.25) is 0 Å². The van der Waals surface area contributed by atoms with E-state index in [0.717, 1.165) is 0 Å². The molecule has 1 heterocycles. The first-order chi connectivity index (χ1) is 7.60. The maximum atomic E-state index is 11.5. The average molecular weight is 291 g/mol. The molecule has 16 heavy (non-hydrogen) atoms. The van der Waals surface area contributed by atoms with Crippen LogP contribution in [0.3, 0.4) is 0 Å². The summed E-state index contributed by atoms with van der Waals surface area (Å²) < 4.78 is 12.3. The topological polar surface area (TPSA) is 53.4 Å². The van der Waals surface area contributed by atoms with E-state index in [0.29, 0.717) is 23.4 Å². The third-order valence-corrected chi connectivity index (χ3v) is 2.55. The van der Waals surface area contributed by atoms with Crippen molar-refractivity contribution < 1.29 is 14.3 Å². The van der Waals surface area contributed by atoms with Crippen LogP contribution in [0.5, 0.6) is 0 Å². The molecule has 1 aromatic heterocycles. The van der Waals surface area contributed by atoms with E-state index >= 15 is 0 Å². The van der Waals surface area contributed by atoms with Crippen LogP contribution in [0, 0.1) is 0 Å². The second-order valence-corrected chi connectivity index (χ2v) is 3.84. The normalized spacial score (nSPS) is 12.5. The van der Waals surface area contributed by atoms with Gasteiger partial charge in [0.25, 0.3) is 0 Å². The summed E-state index contributed by atoms with van der Waals surface area (Å²) in [5.74, 6) is -0.385. The van der Waals surface area contributed by atoms with Crippen LogP contribution < -0.4 is 0 Å². The minimum Gasteiger partial charge on any atom is -0.462 e. The molecule has 0 bridgehead atoms. The lowest BCUT2D eigenvalue weighted by Crippen LogP contribution is -2.10. The highest BCUT2D eigenvalue weighted by molar-refractivity contribution is 9.10. The minimum atomic E-state index is -0.385. The Labute approximate surface area is 103 Å². The van der Waals surface area contributed by atoms with Gasteiger partial charge in [-0.3, -0.25) is 0 Å². The first-order valence-electron chi connectivity index (χ1n) is 5.13. The van der Waals surface area contributed by atoms with Crippen molar-refractivity contribution in [3.05, 3.63) is 16.4 Å². The summed E-state index contributed by atoms with van der Waals surface area (Å²) in [6, 6.07) is 0. The Morgan fingerprint density at radius 3 is 2.81 bits per heavy atom. The van der Waals surface area contributed by atoms with Crippen LogP contribution in [0.25, 0.3) is 0 Å². The molecular weight excluding hydrogens is 276 g/mol. The van der Waals surface area contributed by atoms with Crippen molar-refractivity contribution in [1.82, 2.24) is 9.78 Å². The fourth-order valence-electron chi connectivity index (χ4n) is 1.22. The van der Waals surface area contributed by atoms with Gasteiger partial charge in [-0.15, -0.1) is 0 Å². The summed E-state index contributed by atoms with van der Waals surface area (Å²) in [4.78, 5) is 11.5. The van der Waals surface area contributed by atoms with Crippen molar-refractivity contribution in [2.75, 3.05) is 13.2 Å². The Balaban J connectivity index is 2.84. The van der Waals surface area contributed by atoms with Crippen LogP contribution >= 0.6 is 15.9 Å². The number of esters is 1. The third-order valence-electron chi connectivity index (χ3n) is 1.96. The molecule has 0 aromatic carbocycles. The van der Waals surface area contributed by atoms with Crippen molar-refractivity contribution in [2.45, 2.75) is 27.0 Å². The Morgan fingerprint density at radius 2 is 2.25 bits per heavy atom. The fraction of sp³-hybridized carbons (Fsp3) is 0.600. The fourth-order valence-corrected chi connectivity index (χ4v) is 1.67. The molecular formula is C10H15BrN2O3. The zero-order valence-corrected chi connectivity index (χ0v) is 11.2. The Hall–Kier alpha value is -0.880. The first kappa shape index (κ1) is 13.2. The van der Waals surface area contributed by atoms with E-state index in [2.05, 4.69) is 21.0 Å². The molecule has 0 aliphatic heterocycles. The van der Waals surface area contributed by atoms with Gasteiger partial charge in [-0.1, -0.05) is 0 Å². The number of halogens is 1. The van der Waals surface area contributed by atoms with E-state index in [1.54, 1.807) is 17.8 Å². The summed E-state index contributed by atoms with van der Waals surface area (Å²) in [6.07, 6.45) is 1.41. The van der Waals surface area contributed by atoms with Crippen LogP contribution in [0.15, 0.2) is 10.8 Å². The van der Waals surface area contributed by atoms with Gasteiger partial charge >= 0.3 is 5.97 Å². The molecule has 1 aromatic rings. The molecule has 0 fully saturated rings. The minimum absolute atomic E-state index is 0.204. The molecule has 90 valence electrons. The second kappa shape index (κ2) is 6.00. The standard InChI is InChI=1S/C10H15BrN2O3/c1-4-15-7(3)13-6-8(9(11)12-13)10(14)16-5-2/h6-7H,4-5H2,1-3H3. The molecule has 0 radical (unpaired) electrons. The lowest BCUT2D eigenvalue weighted by Gasteiger charge is -2.10. The molecule has 0 spiro atoms. The summed E-state index contributed by atoms with van der Waals surface area (Å²) in [5, 5.41) is 4.14. The van der Waals surface area contributed by atoms with Gasteiger partial charge in [0.2, 0.25) is 0 Å². The number of carbonyl (C=O) groups is 1. The maximum Gasteiger partial charge on any atom is 0.342 e. The summed E-state index contributed by atoms with van der Waals surface area (Å²) in [5.41, 5.74) is 0.411. The van der Waals surface area contributed by atoms with Gasteiger partial charge in [-0.05, 0) is 36.7 Å². The molecule has 0 aliphatic carbocycles. The van der Waals surface area contributed by atoms with E-state index in [4.69, 9.17) is 9.47 Å². The average Bonchev–Trinajstić information content (AvgIpc) is 2.61. The van der Waals surface area contributed by atoms with Crippen LogP contribution in [-0.4, -0.2) is 29.0 Å². The molecule has 1 rings (SSSR count). The maximum absolute atomic E-state index is 11.5. The number of carbonyl (C=O) groups excluding carboxylic acids is 1. The van der Waals surface area contributed by atoms with Gasteiger partial charge < -0.3 is 9.47 Å². The highest BCUT2D eigenvalue weighted by atomic mass is 79.9. The number of ether oxygens (including phenoxy) is 2. The number of nitrogens with zero attached hydrogens (tertiary/aromatic N) is 2. The van der Waals surface area contributed by atoms with Crippen LogP contribution in [0.4, 0.5) is 0 Å². The quantitative estimate of drug-likeness (QED) is 0.782. The summed E-state index contributed by atoms with van der Waals surface area (Å²) in [7, 11) is 0. The smallest absolute Gasteiger partial charge is 0.342 e. The highest BCUT2D eigenvalue weighted by Crippen LogP contribution is 2.18.